The Morgan fingerprint density at radius 2 is 2.00 bits per heavy atom. The van der Waals surface area contributed by atoms with E-state index >= 15 is 0 Å². The Bertz CT molecular complexity index is 575. The topological polar surface area (TPSA) is 12.0 Å². The smallest absolute Gasteiger partial charge is 0.0379 e. The van der Waals surface area contributed by atoms with Crippen LogP contribution >= 0.6 is 15.9 Å². The van der Waals surface area contributed by atoms with E-state index in [9.17, 15) is 0 Å². The summed E-state index contributed by atoms with van der Waals surface area (Å²) in [5.74, 6) is 0. The average Bonchev–Trinajstić information content (AvgIpc) is 2.77. The van der Waals surface area contributed by atoms with Crippen LogP contribution in [-0.2, 0) is 6.42 Å². The van der Waals surface area contributed by atoms with Gasteiger partial charge in [-0.1, -0.05) is 34.1 Å². The Kier molecular flexibility index (Phi) is 2.67. The lowest BCUT2D eigenvalue weighted by Gasteiger charge is -2.11. The van der Waals surface area contributed by atoms with Crippen LogP contribution in [0.3, 0.4) is 0 Å². The highest BCUT2D eigenvalue weighted by molar-refractivity contribution is 9.10. The van der Waals surface area contributed by atoms with E-state index < -0.39 is 0 Å². The van der Waals surface area contributed by atoms with Crippen LogP contribution in [-0.4, -0.2) is 6.54 Å². The van der Waals surface area contributed by atoms with E-state index in [2.05, 4.69) is 64.6 Å². The second-order valence-electron chi connectivity index (χ2n) is 4.47. The zero-order chi connectivity index (χ0) is 11.8. The van der Waals surface area contributed by atoms with Crippen LogP contribution in [0.4, 0.5) is 5.69 Å². The molecular weight excluding hydrogens is 274 g/mol. The molecule has 0 spiro atoms. The van der Waals surface area contributed by atoms with Gasteiger partial charge in [-0.15, -0.1) is 0 Å². The number of nitrogens with one attached hydrogen (secondary N) is 1. The Balaban J connectivity index is 2.19. The van der Waals surface area contributed by atoms with Gasteiger partial charge < -0.3 is 5.32 Å². The quantitative estimate of drug-likeness (QED) is 0.820. The monoisotopic (exact) mass is 287 g/mol. The third kappa shape index (κ3) is 1.87. The number of rotatable bonds is 1. The van der Waals surface area contributed by atoms with Crippen molar-refractivity contribution in [3.63, 3.8) is 0 Å². The molecule has 0 atom stereocenters. The van der Waals surface area contributed by atoms with Gasteiger partial charge in [0.2, 0.25) is 0 Å². The first-order chi connectivity index (χ1) is 8.25. The maximum atomic E-state index is 3.52. The minimum atomic E-state index is 1.06. The van der Waals surface area contributed by atoms with Gasteiger partial charge in [-0.05, 0) is 53.8 Å². The molecule has 1 N–H and O–H groups in total. The molecule has 0 bridgehead atoms. The summed E-state index contributed by atoms with van der Waals surface area (Å²) >= 11 is 3.52. The molecular formula is C15H14BrN. The van der Waals surface area contributed by atoms with Crippen LogP contribution < -0.4 is 5.32 Å². The van der Waals surface area contributed by atoms with Gasteiger partial charge in [0.15, 0.2) is 0 Å². The molecule has 2 heteroatoms. The molecule has 1 nitrogen and oxygen atoms in total. The van der Waals surface area contributed by atoms with E-state index in [0.717, 1.165) is 17.4 Å². The van der Waals surface area contributed by atoms with Crippen LogP contribution in [0, 0.1) is 6.92 Å². The molecule has 1 aliphatic rings. The fourth-order valence-corrected chi connectivity index (χ4v) is 3.00. The first kappa shape index (κ1) is 10.8. The Hall–Kier alpha value is -1.28. The van der Waals surface area contributed by atoms with Gasteiger partial charge in [0.25, 0.3) is 0 Å². The average molecular weight is 288 g/mol. The van der Waals surface area contributed by atoms with Crippen LogP contribution in [0.25, 0.3) is 11.1 Å². The fourth-order valence-electron chi connectivity index (χ4n) is 2.53. The third-order valence-corrected chi connectivity index (χ3v) is 3.84. The Morgan fingerprint density at radius 3 is 2.82 bits per heavy atom. The lowest BCUT2D eigenvalue weighted by atomic mass is 9.95. The van der Waals surface area contributed by atoms with Crippen LogP contribution in [0.2, 0.25) is 0 Å². The summed E-state index contributed by atoms with van der Waals surface area (Å²) in [6, 6.07) is 13.0. The van der Waals surface area contributed by atoms with E-state index in [1.54, 1.807) is 0 Å². The van der Waals surface area contributed by atoms with E-state index in [-0.39, 0.29) is 0 Å². The Morgan fingerprint density at radius 1 is 1.12 bits per heavy atom. The lowest BCUT2D eigenvalue weighted by Crippen LogP contribution is -1.90. The first-order valence-corrected chi connectivity index (χ1v) is 6.67. The number of hydrogen-bond donors (Lipinski definition) is 1. The molecule has 2 aromatic carbocycles. The van der Waals surface area contributed by atoms with Crippen molar-refractivity contribution >= 4 is 21.6 Å². The predicted molar refractivity (Wildman–Crippen MR) is 76.5 cm³/mol. The molecule has 3 rings (SSSR count). The van der Waals surface area contributed by atoms with Crippen LogP contribution in [0.5, 0.6) is 0 Å². The Labute approximate surface area is 110 Å². The minimum Gasteiger partial charge on any atom is -0.384 e. The van der Waals surface area contributed by atoms with Crippen LogP contribution in [0.15, 0.2) is 40.9 Å². The molecule has 1 aliphatic heterocycles. The highest BCUT2D eigenvalue weighted by Gasteiger charge is 2.15. The van der Waals surface area contributed by atoms with Crippen molar-refractivity contribution in [2.45, 2.75) is 13.3 Å². The molecule has 17 heavy (non-hydrogen) atoms. The molecule has 0 aromatic heterocycles. The number of benzene rings is 2. The highest BCUT2D eigenvalue weighted by atomic mass is 79.9. The maximum absolute atomic E-state index is 3.52. The number of halogens is 1. The molecule has 0 aliphatic carbocycles. The van der Waals surface area contributed by atoms with E-state index in [0.29, 0.717) is 0 Å². The molecule has 0 saturated heterocycles. The summed E-state index contributed by atoms with van der Waals surface area (Å²) in [5.41, 5.74) is 6.79. The molecule has 0 saturated carbocycles. The van der Waals surface area contributed by atoms with Crippen molar-refractivity contribution in [1.82, 2.24) is 0 Å². The van der Waals surface area contributed by atoms with Crippen molar-refractivity contribution < 1.29 is 0 Å². The zero-order valence-corrected chi connectivity index (χ0v) is 11.3. The van der Waals surface area contributed by atoms with E-state index in [1.807, 2.05) is 0 Å². The lowest BCUT2D eigenvalue weighted by molar-refractivity contribution is 1.11. The molecule has 0 fully saturated rings. The zero-order valence-electron chi connectivity index (χ0n) is 9.76. The normalized spacial score (nSPS) is 13.3. The highest BCUT2D eigenvalue weighted by Crippen LogP contribution is 2.35. The summed E-state index contributed by atoms with van der Waals surface area (Å²) in [7, 11) is 0. The second-order valence-corrected chi connectivity index (χ2v) is 5.38. The molecule has 0 unspecified atom stereocenters. The van der Waals surface area contributed by atoms with E-state index in [4.69, 9.17) is 0 Å². The molecule has 0 amide bonds. The number of fused-ring (bicyclic) bond motifs is 1. The van der Waals surface area contributed by atoms with Gasteiger partial charge in [0.05, 0.1) is 0 Å². The standard InChI is InChI=1S/C15H14BrN/c1-10-9-11(16)5-6-12(10)13-3-2-4-15-14(13)7-8-17-15/h2-6,9,17H,7-8H2,1H3. The fraction of sp³-hybridized carbons (Fsp3) is 0.200. The molecule has 0 radical (unpaired) electrons. The van der Waals surface area contributed by atoms with Gasteiger partial charge in [-0.2, -0.15) is 0 Å². The van der Waals surface area contributed by atoms with E-state index in [1.165, 1.54) is 27.9 Å². The van der Waals surface area contributed by atoms with Gasteiger partial charge in [-0.3, -0.25) is 0 Å². The van der Waals surface area contributed by atoms with Crippen molar-refractivity contribution in [3.05, 3.63) is 52.0 Å². The van der Waals surface area contributed by atoms with Gasteiger partial charge in [-0.25, -0.2) is 0 Å². The summed E-state index contributed by atoms with van der Waals surface area (Å²) in [6.45, 7) is 3.23. The van der Waals surface area contributed by atoms with Gasteiger partial charge in [0.1, 0.15) is 0 Å². The first-order valence-electron chi connectivity index (χ1n) is 5.88. The number of hydrogen-bond acceptors (Lipinski definition) is 1. The molecule has 2 aromatic rings. The summed E-state index contributed by atoms with van der Waals surface area (Å²) in [6.07, 6.45) is 1.13. The summed E-state index contributed by atoms with van der Waals surface area (Å²) in [5, 5.41) is 3.43. The van der Waals surface area contributed by atoms with Crippen molar-refractivity contribution in [2.75, 3.05) is 11.9 Å². The molecule has 1 heterocycles. The summed E-state index contributed by atoms with van der Waals surface area (Å²) in [4.78, 5) is 0. The summed E-state index contributed by atoms with van der Waals surface area (Å²) < 4.78 is 1.14. The second kappa shape index (κ2) is 4.19. The largest absolute Gasteiger partial charge is 0.384 e. The maximum Gasteiger partial charge on any atom is 0.0379 e. The van der Waals surface area contributed by atoms with Crippen LogP contribution in [0.1, 0.15) is 11.1 Å². The SMILES string of the molecule is Cc1cc(Br)ccc1-c1cccc2c1CCN2. The number of anilines is 1. The van der Waals surface area contributed by atoms with Crippen molar-refractivity contribution in [1.29, 1.82) is 0 Å². The predicted octanol–water partition coefficient (Wildman–Crippen LogP) is 4.39. The number of aryl methyl sites for hydroxylation is 1. The minimum absolute atomic E-state index is 1.06. The molecule has 86 valence electrons. The third-order valence-electron chi connectivity index (χ3n) is 3.35. The van der Waals surface area contributed by atoms with Gasteiger partial charge in [0, 0.05) is 16.7 Å². The van der Waals surface area contributed by atoms with Gasteiger partial charge >= 0.3 is 0 Å². The van der Waals surface area contributed by atoms with Crippen molar-refractivity contribution in [2.24, 2.45) is 0 Å². The van der Waals surface area contributed by atoms with Crippen molar-refractivity contribution in [3.8, 4) is 11.1 Å².